The topological polar surface area (TPSA) is 44.9 Å². The molecule has 0 saturated heterocycles. The average Bonchev–Trinajstić information content (AvgIpc) is 2.87. The third kappa shape index (κ3) is 2.97. The number of H-pyrrole nitrogens is 1. The van der Waals surface area contributed by atoms with E-state index in [0.29, 0.717) is 24.3 Å². The number of nitrogens with one attached hydrogen (secondary N) is 2. The zero-order valence-corrected chi connectivity index (χ0v) is 12.9. The van der Waals surface area contributed by atoms with Crippen molar-refractivity contribution >= 4 is 16.8 Å². The van der Waals surface area contributed by atoms with Gasteiger partial charge < -0.3 is 10.3 Å². The van der Waals surface area contributed by atoms with E-state index in [2.05, 4.69) is 30.2 Å². The molecule has 1 fully saturated rings. The Morgan fingerprint density at radius 2 is 2.10 bits per heavy atom. The zero-order chi connectivity index (χ0) is 14.8. The third-order valence-corrected chi connectivity index (χ3v) is 5.08. The molecule has 0 spiro atoms. The second kappa shape index (κ2) is 5.92. The van der Waals surface area contributed by atoms with E-state index >= 15 is 0 Å². The molecule has 1 aromatic heterocycles. The van der Waals surface area contributed by atoms with Crippen LogP contribution in [0.5, 0.6) is 0 Å². The van der Waals surface area contributed by atoms with E-state index in [1.807, 2.05) is 24.4 Å². The second-order valence-electron chi connectivity index (χ2n) is 6.48. The van der Waals surface area contributed by atoms with E-state index in [9.17, 15) is 4.79 Å². The van der Waals surface area contributed by atoms with Crippen LogP contribution in [0.25, 0.3) is 10.9 Å². The molecule has 1 aliphatic carbocycles. The molecule has 2 N–H and O–H groups in total. The van der Waals surface area contributed by atoms with Crippen molar-refractivity contribution in [2.24, 2.45) is 11.8 Å². The molecule has 2 aromatic rings. The lowest BCUT2D eigenvalue weighted by Gasteiger charge is -2.34. The van der Waals surface area contributed by atoms with Crippen molar-refractivity contribution in [2.45, 2.75) is 45.6 Å². The Morgan fingerprint density at radius 1 is 1.29 bits per heavy atom. The number of hydrogen-bond donors (Lipinski definition) is 2. The highest BCUT2D eigenvalue weighted by Crippen LogP contribution is 2.29. The van der Waals surface area contributed by atoms with E-state index in [0.717, 1.165) is 22.9 Å². The van der Waals surface area contributed by atoms with Gasteiger partial charge in [-0.3, -0.25) is 4.79 Å². The Balaban J connectivity index is 1.66. The maximum Gasteiger partial charge on any atom is 0.224 e. The van der Waals surface area contributed by atoms with Crippen LogP contribution in [0.3, 0.4) is 0 Å². The average molecular weight is 284 g/mol. The Kier molecular flexibility index (Phi) is 4.00. The van der Waals surface area contributed by atoms with Crippen LogP contribution in [-0.4, -0.2) is 16.9 Å². The number of carbonyl (C=O) groups is 1. The predicted molar refractivity (Wildman–Crippen MR) is 86.1 cm³/mol. The van der Waals surface area contributed by atoms with E-state index in [1.54, 1.807) is 0 Å². The number of para-hydroxylation sites is 1. The molecule has 0 aliphatic heterocycles. The van der Waals surface area contributed by atoms with Gasteiger partial charge in [0.25, 0.3) is 0 Å². The Bertz CT molecular complexity index is 631. The lowest BCUT2D eigenvalue weighted by molar-refractivity contribution is -0.121. The molecule has 3 nitrogen and oxygen atoms in total. The molecule has 1 aromatic carbocycles. The van der Waals surface area contributed by atoms with Crippen molar-refractivity contribution in [1.29, 1.82) is 0 Å². The van der Waals surface area contributed by atoms with Crippen LogP contribution in [0.4, 0.5) is 0 Å². The van der Waals surface area contributed by atoms with Gasteiger partial charge in [-0.1, -0.05) is 44.9 Å². The van der Waals surface area contributed by atoms with Crippen LogP contribution in [-0.2, 0) is 11.2 Å². The fourth-order valence-corrected chi connectivity index (χ4v) is 3.49. The number of fused-ring (bicyclic) bond motifs is 1. The summed E-state index contributed by atoms with van der Waals surface area (Å²) in [6.07, 6.45) is 6.05. The second-order valence-corrected chi connectivity index (χ2v) is 6.48. The van der Waals surface area contributed by atoms with Gasteiger partial charge in [0, 0.05) is 23.1 Å². The molecule has 0 radical (unpaired) electrons. The standard InChI is InChI=1S/C18H24N2O/c1-12-6-5-9-16(13(12)2)20-18(21)10-14-11-19-17-8-4-3-7-15(14)17/h3-4,7-8,11-13,16,19H,5-6,9-10H2,1-2H3,(H,20,21)/t12-,13+,16+/m0/s1. The first kappa shape index (κ1) is 14.2. The molecular weight excluding hydrogens is 260 g/mol. The molecule has 3 heteroatoms. The minimum absolute atomic E-state index is 0.144. The molecule has 1 saturated carbocycles. The first-order valence-corrected chi connectivity index (χ1v) is 7.99. The van der Waals surface area contributed by atoms with Crippen LogP contribution in [0.1, 0.15) is 38.7 Å². The Morgan fingerprint density at radius 3 is 2.95 bits per heavy atom. The summed E-state index contributed by atoms with van der Waals surface area (Å²) in [6, 6.07) is 8.48. The number of benzene rings is 1. The van der Waals surface area contributed by atoms with Gasteiger partial charge in [-0.25, -0.2) is 0 Å². The molecule has 21 heavy (non-hydrogen) atoms. The molecular formula is C18H24N2O. The predicted octanol–water partition coefficient (Wildman–Crippen LogP) is 3.65. The Hall–Kier alpha value is -1.77. The number of rotatable bonds is 3. The molecule has 0 unspecified atom stereocenters. The minimum Gasteiger partial charge on any atom is -0.361 e. The van der Waals surface area contributed by atoms with Crippen LogP contribution in [0, 0.1) is 11.8 Å². The van der Waals surface area contributed by atoms with Crippen molar-refractivity contribution in [3.05, 3.63) is 36.0 Å². The smallest absolute Gasteiger partial charge is 0.224 e. The number of hydrogen-bond acceptors (Lipinski definition) is 1. The molecule has 1 amide bonds. The molecule has 3 atom stereocenters. The number of carbonyl (C=O) groups excluding carboxylic acids is 1. The Labute approximate surface area is 126 Å². The van der Waals surface area contributed by atoms with Gasteiger partial charge in [0.2, 0.25) is 5.91 Å². The lowest BCUT2D eigenvalue weighted by Crippen LogP contribution is -2.44. The summed E-state index contributed by atoms with van der Waals surface area (Å²) < 4.78 is 0. The number of aromatic nitrogens is 1. The van der Waals surface area contributed by atoms with Crippen LogP contribution < -0.4 is 5.32 Å². The van der Waals surface area contributed by atoms with Crippen LogP contribution in [0.15, 0.2) is 30.5 Å². The third-order valence-electron chi connectivity index (χ3n) is 5.08. The van der Waals surface area contributed by atoms with Crippen molar-refractivity contribution in [3.8, 4) is 0 Å². The summed E-state index contributed by atoms with van der Waals surface area (Å²) in [7, 11) is 0. The number of aromatic amines is 1. The van der Waals surface area contributed by atoms with E-state index in [-0.39, 0.29) is 5.91 Å². The van der Waals surface area contributed by atoms with Crippen molar-refractivity contribution in [3.63, 3.8) is 0 Å². The van der Waals surface area contributed by atoms with Crippen molar-refractivity contribution < 1.29 is 4.79 Å². The SMILES string of the molecule is C[C@@H]1[C@@H](C)CCC[C@H]1NC(=O)Cc1c[nH]c2ccccc12. The van der Waals surface area contributed by atoms with Gasteiger partial charge in [0.05, 0.1) is 6.42 Å². The van der Waals surface area contributed by atoms with Gasteiger partial charge >= 0.3 is 0 Å². The normalized spacial score (nSPS) is 25.9. The summed E-state index contributed by atoms with van der Waals surface area (Å²) >= 11 is 0. The highest BCUT2D eigenvalue weighted by molar-refractivity contribution is 5.88. The molecule has 1 aliphatic rings. The molecule has 0 bridgehead atoms. The summed E-state index contributed by atoms with van der Waals surface area (Å²) in [5.74, 6) is 1.42. The number of amides is 1. The molecule has 3 rings (SSSR count). The highest BCUT2D eigenvalue weighted by atomic mass is 16.1. The summed E-state index contributed by atoms with van der Waals surface area (Å²) in [5.41, 5.74) is 2.18. The first-order chi connectivity index (χ1) is 10.1. The summed E-state index contributed by atoms with van der Waals surface area (Å²) in [6.45, 7) is 4.56. The maximum atomic E-state index is 12.3. The molecule has 1 heterocycles. The van der Waals surface area contributed by atoms with Crippen molar-refractivity contribution in [1.82, 2.24) is 10.3 Å². The first-order valence-electron chi connectivity index (χ1n) is 7.99. The maximum absolute atomic E-state index is 12.3. The lowest BCUT2D eigenvalue weighted by atomic mass is 9.78. The fraction of sp³-hybridized carbons (Fsp3) is 0.500. The summed E-state index contributed by atoms with van der Waals surface area (Å²) in [5, 5.41) is 4.40. The minimum atomic E-state index is 0.144. The van der Waals surface area contributed by atoms with Gasteiger partial charge in [-0.05, 0) is 29.9 Å². The van der Waals surface area contributed by atoms with Gasteiger partial charge in [0.1, 0.15) is 0 Å². The van der Waals surface area contributed by atoms with Gasteiger partial charge in [-0.2, -0.15) is 0 Å². The monoisotopic (exact) mass is 284 g/mol. The molecule has 112 valence electrons. The quantitative estimate of drug-likeness (QED) is 0.888. The van der Waals surface area contributed by atoms with Gasteiger partial charge in [0.15, 0.2) is 0 Å². The van der Waals surface area contributed by atoms with E-state index in [4.69, 9.17) is 0 Å². The largest absolute Gasteiger partial charge is 0.361 e. The van der Waals surface area contributed by atoms with Gasteiger partial charge in [-0.15, -0.1) is 0 Å². The van der Waals surface area contributed by atoms with E-state index in [1.165, 1.54) is 12.8 Å². The fourth-order valence-electron chi connectivity index (χ4n) is 3.49. The van der Waals surface area contributed by atoms with Crippen LogP contribution in [0.2, 0.25) is 0 Å². The zero-order valence-electron chi connectivity index (χ0n) is 12.9. The summed E-state index contributed by atoms with van der Waals surface area (Å²) in [4.78, 5) is 15.6. The highest BCUT2D eigenvalue weighted by Gasteiger charge is 2.28. The van der Waals surface area contributed by atoms with Crippen LogP contribution >= 0.6 is 0 Å². The van der Waals surface area contributed by atoms with E-state index < -0.39 is 0 Å². The van der Waals surface area contributed by atoms with Crippen molar-refractivity contribution in [2.75, 3.05) is 0 Å².